The van der Waals surface area contributed by atoms with Gasteiger partial charge in [-0.05, 0) is 93.1 Å². The molecule has 5 aromatic rings. The first-order chi connectivity index (χ1) is 15.9. The molecular weight excluding hydrogens is 405 g/mol. The first-order valence-electron chi connectivity index (χ1n) is 11.9. The molecule has 4 aromatic carbocycles. The first-order valence-corrected chi connectivity index (χ1v) is 11.9. The third-order valence-electron chi connectivity index (χ3n) is 6.33. The summed E-state index contributed by atoms with van der Waals surface area (Å²) in [4.78, 5) is 4.85. The van der Waals surface area contributed by atoms with E-state index in [0.717, 1.165) is 40.1 Å². The largest absolute Gasteiger partial charge is 0.256 e. The van der Waals surface area contributed by atoms with E-state index in [-0.39, 0.29) is 5.82 Å². The van der Waals surface area contributed by atoms with Gasteiger partial charge in [-0.2, -0.15) is 0 Å². The second-order valence-corrected chi connectivity index (χ2v) is 10.1. The van der Waals surface area contributed by atoms with Gasteiger partial charge in [0.05, 0.1) is 5.69 Å². The number of fused-ring (bicyclic) bond motifs is 5. The number of nitrogens with zero attached hydrogens (tertiary/aromatic N) is 1. The summed E-state index contributed by atoms with van der Waals surface area (Å²) in [5.41, 5.74) is 4.98. The topological polar surface area (TPSA) is 12.9 Å². The fourth-order valence-corrected chi connectivity index (χ4v) is 5.09. The zero-order valence-electron chi connectivity index (χ0n) is 19.8. The Balaban J connectivity index is 1.73. The summed E-state index contributed by atoms with van der Waals surface area (Å²) in [6.45, 7) is 9.08. The number of hydrogen-bond acceptors (Lipinski definition) is 1. The van der Waals surface area contributed by atoms with Crippen molar-refractivity contribution >= 4 is 32.3 Å². The number of halogens is 1. The fraction of sp³-hybridized carbons (Fsp3) is 0.258. The van der Waals surface area contributed by atoms with E-state index in [2.05, 4.69) is 70.2 Å². The third-order valence-corrected chi connectivity index (χ3v) is 6.33. The lowest BCUT2D eigenvalue weighted by molar-refractivity contribution is 0.630. The van der Waals surface area contributed by atoms with Crippen LogP contribution in [0.5, 0.6) is 0 Å². The SMILES string of the molecule is CC(C)Cc1cc(CC(C)C)cc(-c2nccc3c2ccc2c4ccc(F)cc4ccc32)c1. The van der Waals surface area contributed by atoms with Crippen LogP contribution in [0, 0.1) is 17.7 Å². The summed E-state index contributed by atoms with van der Waals surface area (Å²) < 4.78 is 13.7. The van der Waals surface area contributed by atoms with Crippen LogP contribution < -0.4 is 0 Å². The zero-order chi connectivity index (χ0) is 23.1. The maximum absolute atomic E-state index is 13.7. The normalized spacial score (nSPS) is 12.0. The highest BCUT2D eigenvalue weighted by molar-refractivity contribution is 6.18. The van der Waals surface area contributed by atoms with Gasteiger partial charge in [0.15, 0.2) is 0 Å². The molecule has 33 heavy (non-hydrogen) atoms. The molecule has 0 saturated heterocycles. The smallest absolute Gasteiger partial charge is 0.123 e. The Morgan fingerprint density at radius 2 is 1.21 bits per heavy atom. The van der Waals surface area contributed by atoms with Gasteiger partial charge >= 0.3 is 0 Å². The minimum absolute atomic E-state index is 0.201. The molecule has 0 fully saturated rings. The summed E-state index contributed by atoms with van der Waals surface area (Å²) in [5.74, 6) is 1.01. The summed E-state index contributed by atoms with van der Waals surface area (Å²) in [6, 6.07) is 22.6. The van der Waals surface area contributed by atoms with Gasteiger partial charge < -0.3 is 0 Å². The minimum atomic E-state index is -0.201. The summed E-state index contributed by atoms with van der Waals surface area (Å²) in [7, 11) is 0. The van der Waals surface area contributed by atoms with Crippen LogP contribution in [-0.2, 0) is 12.8 Å². The molecule has 0 bridgehead atoms. The molecule has 0 aliphatic rings. The van der Waals surface area contributed by atoms with E-state index in [1.807, 2.05) is 18.3 Å². The Hall–Kier alpha value is -3.26. The quantitative estimate of drug-likeness (QED) is 0.251. The maximum atomic E-state index is 13.7. The molecule has 0 radical (unpaired) electrons. The average Bonchev–Trinajstić information content (AvgIpc) is 2.76. The Morgan fingerprint density at radius 3 is 1.91 bits per heavy atom. The van der Waals surface area contributed by atoms with Crippen molar-refractivity contribution in [3.63, 3.8) is 0 Å². The van der Waals surface area contributed by atoms with Crippen molar-refractivity contribution in [3.8, 4) is 11.3 Å². The highest BCUT2D eigenvalue weighted by Crippen LogP contribution is 2.36. The molecule has 0 aliphatic heterocycles. The van der Waals surface area contributed by atoms with E-state index in [9.17, 15) is 4.39 Å². The van der Waals surface area contributed by atoms with Crippen molar-refractivity contribution in [1.82, 2.24) is 4.98 Å². The molecule has 0 N–H and O–H groups in total. The second kappa shape index (κ2) is 8.59. The van der Waals surface area contributed by atoms with Crippen molar-refractivity contribution in [3.05, 3.63) is 89.9 Å². The van der Waals surface area contributed by atoms with Gasteiger partial charge in [-0.3, -0.25) is 4.98 Å². The van der Waals surface area contributed by atoms with Crippen LogP contribution in [0.1, 0.15) is 38.8 Å². The number of benzene rings is 4. The van der Waals surface area contributed by atoms with E-state index in [1.165, 1.54) is 27.5 Å². The first kappa shape index (κ1) is 21.6. The van der Waals surface area contributed by atoms with E-state index in [1.54, 1.807) is 12.1 Å². The van der Waals surface area contributed by atoms with Crippen molar-refractivity contribution in [1.29, 1.82) is 0 Å². The highest BCUT2D eigenvalue weighted by atomic mass is 19.1. The van der Waals surface area contributed by atoms with Gasteiger partial charge in [0.25, 0.3) is 0 Å². The number of hydrogen-bond donors (Lipinski definition) is 0. The molecule has 2 heteroatoms. The molecule has 0 spiro atoms. The van der Waals surface area contributed by atoms with Crippen LogP contribution >= 0.6 is 0 Å². The Morgan fingerprint density at radius 1 is 0.636 bits per heavy atom. The van der Waals surface area contributed by atoms with Crippen LogP contribution in [0.4, 0.5) is 4.39 Å². The molecule has 0 aliphatic carbocycles. The van der Waals surface area contributed by atoms with Gasteiger partial charge in [0, 0.05) is 17.1 Å². The molecule has 0 saturated carbocycles. The van der Waals surface area contributed by atoms with Crippen LogP contribution in [0.25, 0.3) is 43.6 Å². The van der Waals surface area contributed by atoms with Gasteiger partial charge in [-0.15, -0.1) is 0 Å². The molecule has 166 valence electrons. The molecule has 1 heterocycles. The predicted molar refractivity (Wildman–Crippen MR) is 139 cm³/mol. The summed E-state index contributed by atoms with van der Waals surface area (Å²) in [5, 5.41) is 6.66. The predicted octanol–water partition coefficient (Wildman–Crippen LogP) is 8.74. The molecule has 0 atom stereocenters. The summed E-state index contributed by atoms with van der Waals surface area (Å²) in [6.07, 6.45) is 4.05. The minimum Gasteiger partial charge on any atom is -0.256 e. The molecule has 0 unspecified atom stereocenters. The van der Waals surface area contributed by atoms with E-state index >= 15 is 0 Å². The maximum Gasteiger partial charge on any atom is 0.123 e. The van der Waals surface area contributed by atoms with Crippen molar-refractivity contribution in [2.75, 3.05) is 0 Å². The summed E-state index contributed by atoms with van der Waals surface area (Å²) >= 11 is 0. The lowest BCUT2D eigenvalue weighted by Gasteiger charge is -2.15. The van der Waals surface area contributed by atoms with Crippen molar-refractivity contribution in [2.45, 2.75) is 40.5 Å². The van der Waals surface area contributed by atoms with Gasteiger partial charge in [-0.25, -0.2) is 4.39 Å². The fourth-order valence-electron chi connectivity index (χ4n) is 5.09. The highest BCUT2D eigenvalue weighted by Gasteiger charge is 2.13. The standard InChI is InChI=1S/C31H30FN/c1-19(2)13-21-15-22(14-20(3)4)17-24(16-21)31-30-10-9-27-26-8-6-25(32)18-23(26)5-7-28(27)29(30)11-12-33-31/h5-12,15-20H,13-14H2,1-4H3. The van der Waals surface area contributed by atoms with Gasteiger partial charge in [0.1, 0.15) is 5.82 Å². The number of aromatic nitrogens is 1. The third kappa shape index (κ3) is 4.23. The van der Waals surface area contributed by atoms with Crippen LogP contribution in [0.2, 0.25) is 0 Å². The van der Waals surface area contributed by atoms with Crippen LogP contribution in [-0.4, -0.2) is 4.98 Å². The number of pyridine rings is 1. The lowest BCUT2D eigenvalue weighted by atomic mass is 9.91. The average molecular weight is 436 g/mol. The van der Waals surface area contributed by atoms with Gasteiger partial charge in [0.2, 0.25) is 0 Å². The van der Waals surface area contributed by atoms with Gasteiger partial charge in [-0.1, -0.05) is 64.1 Å². The number of rotatable bonds is 5. The molecule has 1 aromatic heterocycles. The lowest BCUT2D eigenvalue weighted by Crippen LogP contribution is -2.00. The molecule has 5 rings (SSSR count). The zero-order valence-corrected chi connectivity index (χ0v) is 19.8. The van der Waals surface area contributed by atoms with Crippen molar-refractivity contribution < 1.29 is 4.39 Å². The Bertz CT molecular complexity index is 1450. The monoisotopic (exact) mass is 435 g/mol. The van der Waals surface area contributed by atoms with E-state index in [4.69, 9.17) is 4.98 Å². The van der Waals surface area contributed by atoms with E-state index < -0.39 is 0 Å². The van der Waals surface area contributed by atoms with Crippen molar-refractivity contribution in [2.24, 2.45) is 11.8 Å². The Labute approximate surface area is 195 Å². The second-order valence-electron chi connectivity index (χ2n) is 10.1. The molecular formula is C31H30FN. The molecule has 0 amide bonds. The molecule has 1 nitrogen and oxygen atoms in total. The Kier molecular flexibility index (Phi) is 5.62. The van der Waals surface area contributed by atoms with E-state index in [0.29, 0.717) is 11.8 Å². The van der Waals surface area contributed by atoms with Crippen LogP contribution in [0.3, 0.4) is 0 Å². The van der Waals surface area contributed by atoms with Crippen LogP contribution in [0.15, 0.2) is 72.9 Å².